The van der Waals surface area contributed by atoms with Crippen LogP contribution in [0.4, 0.5) is 4.79 Å². The molecule has 3 amide bonds. The summed E-state index contributed by atoms with van der Waals surface area (Å²) in [5, 5.41) is 2.65. The Morgan fingerprint density at radius 1 is 1.42 bits per heavy atom. The molecular formula is C13H15N3O2S. The van der Waals surface area contributed by atoms with Crippen LogP contribution in [-0.4, -0.2) is 28.9 Å². The predicted octanol–water partition coefficient (Wildman–Crippen LogP) is 0.889. The lowest BCUT2D eigenvalue weighted by molar-refractivity contribution is -0.130. The van der Waals surface area contributed by atoms with Crippen molar-refractivity contribution in [3.05, 3.63) is 21.9 Å². The summed E-state index contributed by atoms with van der Waals surface area (Å²) in [5.41, 5.74) is 4.48. The summed E-state index contributed by atoms with van der Waals surface area (Å²) in [7, 11) is 0. The number of nitrogens with one attached hydrogen (secondary N) is 1. The van der Waals surface area contributed by atoms with Crippen molar-refractivity contribution in [3.63, 3.8) is 0 Å². The molecule has 0 unspecified atom stereocenters. The molecule has 1 fully saturated rings. The van der Waals surface area contributed by atoms with Gasteiger partial charge < -0.3 is 11.1 Å². The number of imide groups is 1. The number of thiophene rings is 1. The molecule has 1 aromatic heterocycles. The van der Waals surface area contributed by atoms with Gasteiger partial charge in [-0.1, -0.05) is 11.8 Å². The van der Waals surface area contributed by atoms with Crippen LogP contribution in [0.25, 0.3) is 0 Å². The quantitative estimate of drug-likeness (QED) is 0.622. The van der Waals surface area contributed by atoms with Gasteiger partial charge in [-0.2, -0.15) is 0 Å². The van der Waals surface area contributed by atoms with Crippen LogP contribution >= 0.6 is 11.3 Å². The summed E-state index contributed by atoms with van der Waals surface area (Å²) in [4.78, 5) is 26.8. The van der Waals surface area contributed by atoms with E-state index in [0.717, 1.165) is 9.75 Å². The summed E-state index contributed by atoms with van der Waals surface area (Å²) in [6.45, 7) is 3.98. The first-order valence-corrected chi connectivity index (χ1v) is 6.67. The van der Waals surface area contributed by atoms with Crippen LogP contribution in [0.3, 0.4) is 0 Å². The normalized spacial score (nSPS) is 17.1. The van der Waals surface area contributed by atoms with E-state index in [9.17, 15) is 9.59 Å². The minimum atomic E-state index is -0.823. The molecule has 3 N–H and O–H groups in total. The molecule has 19 heavy (non-hydrogen) atoms. The molecule has 0 spiro atoms. The number of carbonyl (C=O) groups is 2. The van der Waals surface area contributed by atoms with Crippen molar-refractivity contribution in [3.8, 4) is 11.8 Å². The van der Waals surface area contributed by atoms with E-state index in [1.165, 1.54) is 16.2 Å². The van der Waals surface area contributed by atoms with Crippen molar-refractivity contribution in [1.29, 1.82) is 0 Å². The average Bonchev–Trinajstić information content (AvgIpc) is 2.86. The molecule has 100 valence electrons. The maximum Gasteiger partial charge on any atom is 0.325 e. The van der Waals surface area contributed by atoms with Crippen molar-refractivity contribution >= 4 is 23.3 Å². The number of amides is 3. The Balaban J connectivity index is 2.12. The summed E-state index contributed by atoms with van der Waals surface area (Å²) in [6, 6.07) is 3.39. The Morgan fingerprint density at radius 3 is 2.74 bits per heavy atom. The van der Waals surface area contributed by atoms with Crippen LogP contribution in [0, 0.1) is 11.8 Å². The maximum atomic E-state index is 12.0. The first-order chi connectivity index (χ1) is 8.94. The summed E-state index contributed by atoms with van der Waals surface area (Å²) in [5.74, 6) is 5.49. The molecule has 0 saturated carbocycles. The van der Waals surface area contributed by atoms with Crippen molar-refractivity contribution in [2.75, 3.05) is 6.54 Å². The summed E-state index contributed by atoms with van der Waals surface area (Å²) >= 11 is 1.46. The molecule has 5 nitrogen and oxygen atoms in total. The fourth-order valence-corrected chi connectivity index (χ4v) is 2.66. The minimum absolute atomic E-state index is 0.208. The molecule has 0 atom stereocenters. The van der Waals surface area contributed by atoms with Crippen LogP contribution < -0.4 is 11.1 Å². The highest BCUT2D eigenvalue weighted by Crippen LogP contribution is 2.22. The number of carbonyl (C=O) groups excluding carboxylic acids is 2. The van der Waals surface area contributed by atoms with Gasteiger partial charge in [-0.25, -0.2) is 4.79 Å². The number of nitrogens with two attached hydrogens (primary N) is 1. The van der Waals surface area contributed by atoms with Gasteiger partial charge in [0.05, 0.1) is 18.0 Å². The largest absolute Gasteiger partial charge is 0.325 e. The Bertz CT molecular complexity index is 580. The molecule has 2 rings (SSSR count). The zero-order valence-corrected chi connectivity index (χ0v) is 11.6. The van der Waals surface area contributed by atoms with Crippen molar-refractivity contribution in [2.45, 2.75) is 25.9 Å². The van der Waals surface area contributed by atoms with E-state index in [4.69, 9.17) is 5.73 Å². The lowest BCUT2D eigenvalue weighted by atomic mass is 10.1. The second kappa shape index (κ2) is 5.03. The van der Waals surface area contributed by atoms with Crippen molar-refractivity contribution in [1.82, 2.24) is 10.2 Å². The van der Waals surface area contributed by atoms with Crippen molar-refractivity contribution in [2.24, 2.45) is 5.73 Å². The van der Waals surface area contributed by atoms with E-state index < -0.39 is 5.54 Å². The van der Waals surface area contributed by atoms with Gasteiger partial charge in [0.15, 0.2) is 0 Å². The van der Waals surface area contributed by atoms with Gasteiger partial charge in [-0.05, 0) is 26.0 Å². The Kier molecular flexibility index (Phi) is 3.60. The van der Waals surface area contributed by atoms with E-state index >= 15 is 0 Å². The van der Waals surface area contributed by atoms with Crippen LogP contribution in [0.1, 0.15) is 23.6 Å². The molecule has 2 heterocycles. The van der Waals surface area contributed by atoms with Gasteiger partial charge in [-0.3, -0.25) is 9.69 Å². The standard InChI is InChI=1S/C13H15N3O2S/c1-13(2)11(17)16(12(18)15-13)8-10-6-5-9(19-10)4-3-7-14/h5-6H,7-8,14H2,1-2H3,(H,15,18). The zero-order valence-electron chi connectivity index (χ0n) is 10.8. The third kappa shape index (κ3) is 2.78. The number of nitrogens with zero attached hydrogens (tertiary/aromatic N) is 1. The fourth-order valence-electron chi connectivity index (χ4n) is 1.79. The minimum Gasteiger partial charge on any atom is -0.324 e. The topological polar surface area (TPSA) is 75.4 Å². The summed E-state index contributed by atoms with van der Waals surface area (Å²) in [6.07, 6.45) is 0. The predicted molar refractivity (Wildman–Crippen MR) is 73.4 cm³/mol. The monoisotopic (exact) mass is 277 g/mol. The van der Waals surface area contributed by atoms with Gasteiger partial charge in [-0.15, -0.1) is 11.3 Å². The van der Waals surface area contributed by atoms with Gasteiger partial charge in [0.25, 0.3) is 5.91 Å². The second-order valence-corrected chi connectivity index (χ2v) is 5.89. The molecule has 0 bridgehead atoms. The molecule has 1 aliphatic rings. The van der Waals surface area contributed by atoms with E-state index in [-0.39, 0.29) is 18.5 Å². The molecule has 1 aliphatic heterocycles. The highest BCUT2D eigenvalue weighted by molar-refractivity contribution is 7.12. The van der Waals surface area contributed by atoms with E-state index in [0.29, 0.717) is 6.54 Å². The first-order valence-electron chi connectivity index (χ1n) is 5.86. The smallest absolute Gasteiger partial charge is 0.324 e. The average molecular weight is 277 g/mol. The van der Waals surface area contributed by atoms with E-state index in [1.807, 2.05) is 12.1 Å². The lowest BCUT2D eigenvalue weighted by Crippen LogP contribution is -2.40. The number of urea groups is 1. The molecule has 0 aliphatic carbocycles. The van der Waals surface area contributed by atoms with E-state index in [2.05, 4.69) is 17.2 Å². The van der Waals surface area contributed by atoms with Gasteiger partial charge >= 0.3 is 6.03 Å². The van der Waals surface area contributed by atoms with Crippen LogP contribution in [0.2, 0.25) is 0 Å². The summed E-state index contributed by atoms with van der Waals surface area (Å²) < 4.78 is 0. The van der Waals surface area contributed by atoms with Gasteiger partial charge in [0, 0.05) is 4.88 Å². The van der Waals surface area contributed by atoms with Crippen LogP contribution in [-0.2, 0) is 11.3 Å². The molecule has 0 aromatic carbocycles. The molecule has 1 saturated heterocycles. The number of rotatable bonds is 2. The molecule has 1 aromatic rings. The molecule has 6 heteroatoms. The third-order valence-electron chi connectivity index (χ3n) is 2.73. The molecule has 0 radical (unpaired) electrons. The zero-order chi connectivity index (χ0) is 14.0. The third-order valence-corrected chi connectivity index (χ3v) is 3.72. The highest BCUT2D eigenvalue weighted by atomic mass is 32.1. The van der Waals surface area contributed by atoms with Gasteiger partial charge in [0.1, 0.15) is 5.54 Å². The maximum absolute atomic E-state index is 12.0. The molecular weight excluding hydrogens is 262 g/mol. The first kappa shape index (κ1) is 13.6. The lowest BCUT2D eigenvalue weighted by Gasteiger charge is -2.15. The number of hydrogen-bond acceptors (Lipinski definition) is 4. The van der Waals surface area contributed by atoms with Crippen LogP contribution in [0.15, 0.2) is 12.1 Å². The SMILES string of the molecule is CC1(C)NC(=O)N(Cc2ccc(C#CCN)s2)C1=O. The fraction of sp³-hybridized carbons (Fsp3) is 0.385. The van der Waals surface area contributed by atoms with Gasteiger partial charge in [0.2, 0.25) is 0 Å². The Morgan fingerprint density at radius 2 is 2.16 bits per heavy atom. The van der Waals surface area contributed by atoms with Crippen LogP contribution in [0.5, 0.6) is 0 Å². The van der Waals surface area contributed by atoms with E-state index in [1.54, 1.807) is 13.8 Å². The Hall–Kier alpha value is -1.84. The Labute approximate surface area is 115 Å². The number of hydrogen-bond donors (Lipinski definition) is 2. The highest BCUT2D eigenvalue weighted by Gasteiger charge is 2.44. The van der Waals surface area contributed by atoms with Crippen molar-refractivity contribution < 1.29 is 9.59 Å². The second-order valence-electron chi connectivity index (χ2n) is 4.72.